The summed E-state index contributed by atoms with van der Waals surface area (Å²) in [5.74, 6) is 0. The van der Waals surface area contributed by atoms with E-state index < -0.39 is 7.32 Å². The van der Waals surface area contributed by atoms with Crippen molar-refractivity contribution in [1.82, 2.24) is 0 Å². The number of hydrogen-bond acceptors (Lipinski definition) is 3. The predicted molar refractivity (Wildman–Crippen MR) is 310 cm³/mol. The minimum Gasteiger partial charge on any atom is -0.378 e. The molecule has 402 valence electrons. The van der Waals surface area contributed by atoms with Gasteiger partial charge in [-0.1, -0.05) is 277 Å². The Hall–Kier alpha value is -1.62. The zero-order valence-corrected chi connectivity index (χ0v) is 51.2. The van der Waals surface area contributed by atoms with E-state index in [0.717, 1.165) is 116 Å². The fraction of sp³-hybridized carbons (Fsp3) is 0.818. The molecule has 3 aliphatic carbocycles. The molecular weight excluding hydrogens is 852 g/mol. The van der Waals surface area contributed by atoms with E-state index in [0.29, 0.717) is 0 Å². The Kier molecular flexibility index (Phi) is 22.2. The van der Waals surface area contributed by atoms with Crippen LogP contribution in [-0.2, 0) is 14.0 Å². The summed E-state index contributed by atoms with van der Waals surface area (Å²) in [6.07, 6.45) is 34.4. The average Bonchev–Trinajstić information content (AvgIpc) is 3.23. The highest BCUT2D eigenvalue weighted by molar-refractivity contribution is 6.37. The lowest BCUT2D eigenvalue weighted by atomic mass is 9.51. The van der Waals surface area contributed by atoms with Gasteiger partial charge in [-0.15, -0.1) is 0 Å². The maximum atomic E-state index is 8.41. The first-order valence-corrected chi connectivity index (χ1v) is 29.5. The Bertz CT molecular complexity index is 1630. The van der Waals surface area contributed by atoms with Crippen LogP contribution in [0, 0.1) is 48.7 Å². The minimum atomic E-state index is -0.959. The lowest BCUT2D eigenvalue weighted by Crippen LogP contribution is -2.60. The van der Waals surface area contributed by atoms with Gasteiger partial charge in [0.1, 0.15) is 0 Å². The summed E-state index contributed by atoms with van der Waals surface area (Å²) in [6.45, 7) is 58.4. The van der Waals surface area contributed by atoms with E-state index in [-0.39, 0.29) is 67.0 Å². The minimum absolute atomic E-state index is 0.122. The molecular formula is C66H117BO3. The summed E-state index contributed by atoms with van der Waals surface area (Å²) < 4.78 is 25.2. The summed E-state index contributed by atoms with van der Waals surface area (Å²) in [7, 11) is -0.959. The molecule has 0 fully saturated rings. The van der Waals surface area contributed by atoms with Crippen molar-refractivity contribution in [3.8, 4) is 0 Å². The summed E-state index contributed by atoms with van der Waals surface area (Å²) in [5, 5.41) is 0. The van der Waals surface area contributed by atoms with E-state index in [1.54, 1.807) is 16.7 Å². The first kappa shape index (κ1) is 62.7. The smallest absolute Gasteiger partial charge is 0.378 e. The van der Waals surface area contributed by atoms with Crippen molar-refractivity contribution < 1.29 is 14.0 Å². The van der Waals surface area contributed by atoms with Gasteiger partial charge in [0.25, 0.3) is 0 Å². The van der Waals surface area contributed by atoms with E-state index in [2.05, 4.69) is 203 Å². The third kappa shape index (κ3) is 13.4. The van der Waals surface area contributed by atoms with Crippen molar-refractivity contribution >= 4 is 7.32 Å². The second-order valence-electron chi connectivity index (χ2n) is 28.8. The highest BCUT2D eigenvalue weighted by atomic mass is 16.7. The lowest BCUT2D eigenvalue weighted by Gasteiger charge is -2.59. The van der Waals surface area contributed by atoms with E-state index >= 15 is 0 Å². The first-order valence-electron chi connectivity index (χ1n) is 29.5. The monoisotopic (exact) mass is 969 g/mol. The van der Waals surface area contributed by atoms with Gasteiger partial charge in [0.2, 0.25) is 0 Å². The Morgan fingerprint density at radius 1 is 0.343 bits per heavy atom. The molecule has 0 spiro atoms. The van der Waals surface area contributed by atoms with Gasteiger partial charge in [-0.3, -0.25) is 0 Å². The van der Waals surface area contributed by atoms with Crippen molar-refractivity contribution in [2.75, 3.05) is 0 Å². The molecule has 0 N–H and O–H groups in total. The molecule has 6 atom stereocenters. The standard InChI is InChI=1S/C66H117BO3/c1-25-31-37-49-40-43-52(58(7,8)9)55(64(49,46-34-28-4)61(16,17)18)68-67(69-56-53(59(10,11)12)44-41-50(38-32-26-2)65(56,47-35-29-5)62(19,20)21)70-57-54(60(13,14)15)45-42-51(39-33-27-3)66(57,48-36-30-6)63(22,23)24/h40-45,55-57H,25-39,46-48H2,1-24H3. The van der Waals surface area contributed by atoms with E-state index in [4.69, 9.17) is 14.0 Å². The molecule has 70 heavy (non-hydrogen) atoms. The summed E-state index contributed by atoms with van der Waals surface area (Å²) in [4.78, 5) is 0. The van der Waals surface area contributed by atoms with Crippen LogP contribution in [0.25, 0.3) is 0 Å². The molecule has 0 radical (unpaired) electrons. The number of hydrogen-bond donors (Lipinski definition) is 0. The topological polar surface area (TPSA) is 27.7 Å². The number of rotatable bonds is 24. The zero-order chi connectivity index (χ0) is 53.4. The molecule has 0 heterocycles. The zero-order valence-electron chi connectivity index (χ0n) is 51.2. The van der Waals surface area contributed by atoms with E-state index in [1.165, 1.54) is 16.7 Å². The van der Waals surface area contributed by atoms with Crippen molar-refractivity contribution in [2.45, 2.75) is 300 Å². The third-order valence-electron chi connectivity index (χ3n) is 17.8. The molecule has 6 unspecified atom stereocenters. The highest BCUT2D eigenvalue weighted by Gasteiger charge is 2.61. The van der Waals surface area contributed by atoms with Crippen LogP contribution in [-0.4, -0.2) is 25.6 Å². The van der Waals surface area contributed by atoms with Crippen LogP contribution >= 0.6 is 0 Å². The van der Waals surface area contributed by atoms with Crippen molar-refractivity contribution in [2.24, 2.45) is 48.7 Å². The lowest BCUT2D eigenvalue weighted by molar-refractivity contribution is -0.102. The van der Waals surface area contributed by atoms with Gasteiger partial charge in [0, 0.05) is 16.2 Å². The molecule has 0 aromatic heterocycles. The molecule has 3 rings (SSSR count). The van der Waals surface area contributed by atoms with Crippen molar-refractivity contribution in [3.63, 3.8) is 0 Å². The Morgan fingerprint density at radius 3 is 0.729 bits per heavy atom. The van der Waals surface area contributed by atoms with Gasteiger partial charge in [0.15, 0.2) is 0 Å². The maximum absolute atomic E-state index is 8.41. The fourth-order valence-corrected chi connectivity index (χ4v) is 13.5. The average molecular weight is 969 g/mol. The van der Waals surface area contributed by atoms with Crippen molar-refractivity contribution in [3.05, 3.63) is 69.9 Å². The van der Waals surface area contributed by atoms with Gasteiger partial charge in [0.05, 0.1) is 18.3 Å². The molecule has 4 heteroatoms. The van der Waals surface area contributed by atoms with E-state index in [1.807, 2.05) is 0 Å². The van der Waals surface area contributed by atoms with E-state index in [9.17, 15) is 0 Å². The number of allylic oxidation sites excluding steroid dienone is 6. The Balaban J connectivity index is 2.72. The largest absolute Gasteiger partial charge is 0.640 e. The van der Waals surface area contributed by atoms with Crippen LogP contribution in [0.15, 0.2) is 69.9 Å². The summed E-state index contributed by atoms with van der Waals surface area (Å²) >= 11 is 0. The van der Waals surface area contributed by atoms with Gasteiger partial charge in [-0.2, -0.15) is 0 Å². The molecule has 0 aromatic carbocycles. The van der Waals surface area contributed by atoms with Gasteiger partial charge < -0.3 is 14.0 Å². The second kappa shape index (κ2) is 24.8. The quantitative estimate of drug-likeness (QED) is 0.0902. The van der Waals surface area contributed by atoms with Gasteiger partial charge in [-0.25, -0.2) is 0 Å². The molecule has 0 bridgehead atoms. The Morgan fingerprint density at radius 2 is 0.557 bits per heavy atom. The normalized spacial score (nSPS) is 26.3. The summed E-state index contributed by atoms with van der Waals surface area (Å²) in [6, 6.07) is 0. The molecule has 3 aliphatic rings. The molecule has 0 aromatic rings. The molecule has 0 saturated carbocycles. The highest BCUT2D eigenvalue weighted by Crippen LogP contribution is 2.63. The van der Waals surface area contributed by atoms with Gasteiger partial charge >= 0.3 is 7.32 Å². The van der Waals surface area contributed by atoms with Crippen LogP contribution in [0.3, 0.4) is 0 Å². The predicted octanol–water partition coefficient (Wildman–Crippen LogP) is 21.1. The fourth-order valence-electron chi connectivity index (χ4n) is 13.5. The third-order valence-corrected chi connectivity index (χ3v) is 17.8. The number of unbranched alkanes of at least 4 members (excludes halogenated alkanes) is 6. The van der Waals surface area contributed by atoms with Gasteiger partial charge in [-0.05, 0) is 107 Å². The van der Waals surface area contributed by atoms with Crippen molar-refractivity contribution in [1.29, 1.82) is 0 Å². The molecule has 0 amide bonds. The maximum Gasteiger partial charge on any atom is 0.640 e. The van der Waals surface area contributed by atoms with Crippen LogP contribution in [0.1, 0.15) is 282 Å². The van der Waals surface area contributed by atoms with Crippen LogP contribution < -0.4 is 0 Å². The van der Waals surface area contributed by atoms with Crippen LogP contribution in [0.2, 0.25) is 0 Å². The summed E-state index contributed by atoms with van der Waals surface area (Å²) in [5.41, 5.74) is 7.00. The Labute approximate surface area is 438 Å². The SMILES string of the molecule is CCCCC1=CC=C(C(C)(C)C)C(OB(OC2C(C(C)(C)C)=CC=C(CCCC)C2(CCCC)C(C)(C)C)OC2C(C(C)(C)C)=CC=C(CCCC)C2(CCCC)C(C)(C)C)C1(CCCC)C(C)(C)C. The van der Waals surface area contributed by atoms with Crippen LogP contribution in [0.5, 0.6) is 0 Å². The molecule has 0 aliphatic heterocycles. The molecule has 0 saturated heterocycles. The first-order chi connectivity index (χ1) is 32.3. The molecule has 3 nitrogen and oxygen atoms in total. The second-order valence-corrected chi connectivity index (χ2v) is 28.8. The van der Waals surface area contributed by atoms with Crippen LogP contribution in [0.4, 0.5) is 0 Å².